The zero-order chi connectivity index (χ0) is 14.2. The molecule has 0 heterocycles. The molecule has 0 radical (unpaired) electrons. The van der Waals surface area contributed by atoms with Crippen LogP contribution in [0, 0.1) is 0 Å². The molecule has 1 saturated carbocycles. The van der Waals surface area contributed by atoms with Gasteiger partial charge in [0, 0.05) is 6.04 Å². The average molecular weight is 273 g/mol. The minimum Gasteiger partial charge on any atom is -0.313 e. The van der Waals surface area contributed by atoms with Crippen LogP contribution in [0.1, 0.15) is 87.8 Å². The Labute approximate surface area is 125 Å². The van der Waals surface area contributed by atoms with Gasteiger partial charge in [0.1, 0.15) is 0 Å². The molecule has 112 valence electrons. The Kier molecular flexibility index (Phi) is 6.59. The molecule has 1 nitrogen and oxygen atoms in total. The van der Waals surface area contributed by atoms with Gasteiger partial charge in [-0.2, -0.15) is 0 Å². The van der Waals surface area contributed by atoms with Crippen molar-refractivity contribution in [2.75, 3.05) is 7.05 Å². The topological polar surface area (TPSA) is 12.0 Å². The molecule has 0 saturated heterocycles. The second kappa shape index (κ2) is 8.46. The van der Waals surface area contributed by atoms with Crippen molar-refractivity contribution in [3.8, 4) is 0 Å². The monoisotopic (exact) mass is 273 g/mol. The molecule has 1 unspecified atom stereocenters. The summed E-state index contributed by atoms with van der Waals surface area (Å²) < 4.78 is 0. The van der Waals surface area contributed by atoms with Crippen LogP contribution in [0.5, 0.6) is 0 Å². The molecule has 20 heavy (non-hydrogen) atoms. The Morgan fingerprint density at radius 1 is 1.05 bits per heavy atom. The van der Waals surface area contributed by atoms with E-state index in [1.54, 1.807) is 5.56 Å². The van der Waals surface area contributed by atoms with E-state index in [4.69, 9.17) is 0 Å². The van der Waals surface area contributed by atoms with Gasteiger partial charge < -0.3 is 5.32 Å². The summed E-state index contributed by atoms with van der Waals surface area (Å²) in [7, 11) is 2.09. The van der Waals surface area contributed by atoms with Gasteiger partial charge >= 0.3 is 0 Å². The molecule has 0 bridgehead atoms. The van der Waals surface area contributed by atoms with Gasteiger partial charge in [0.15, 0.2) is 0 Å². The molecule has 0 aromatic heterocycles. The van der Waals surface area contributed by atoms with Crippen molar-refractivity contribution < 1.29 is 0 Å². The second-order valence-electron chi connectivity index (χ2n) is 6.34. The first-order chi connectivity index (χ1) is 9.85. The molecular weight excluding hydrogens is 242 g/mol. The van der Waals surface area contributed by atoms with Crippen molar-refractivity contribution in [3.05, 3.63) is 35.4 Å². The largest absolute Gasteiger partial charge is 0.313 e. The predicted molar refractivity (Wildman–Crippen MR) is 88.2 cm³/mol. The van der Waals surface area contributed by atoms with Gasteiger partial charge in [0.05, 0.1) is 0 Å². The van der Waals surface area contributed by atoms with E-state index in [9.17, 15) is 0 Å². The van der Waals surface area contributed by atoms with Crippen molar-refractivity contribution in [1.29, 1.82) is 0 Å². The smallest absolute Gasteiger partial charge is 0.0317 e. The number of hydrogen-bond acceptors (Lipinski definition) is 1. The third-order valence-corrected chi connectivity index (χ3v) is 4.86. The van der Waals surface area contributed by atoms with Crippen molar-refractivity contribution >= 4 is 0 Å². The van der Waals surface area contributed by atoms with Crippen molar-refractivity contribution in [2.24, 2.45) is 0 Å². The Balaban J connectivity index is 1.80. The highest BCUT2D eigenvalue weighted by Gasteiger charge is 2.19. The minimum absolute atomic E-state index is 0.534. The molecule has 1 aromatic carbocycles. The van der Waals surface area contributed by atoms with Crippen LogP contribution in [0.25, 0.3) is 0 Å². The van der Waals surface area contributed by atoms with E-state index in [0.717, 1.165) is 5.92 Å². The van der Waals surface area contributed by atoms with E-state index in [1.807, 2.05) is 0 Å². The fourth-order valence-electron chi connectivity index (χ4n) is 3.17. The van der Waals surface area contributed by atoms with E-state index in [-0.39, 0.29) is 0 Å². The summed E-state index contributed by atoms with van der Waals surface area (Å²) in [6.45, 7) is 2.28. The molecule has 1 atom stereocenters. The highest BCUT2D eigenvalue weighted by Crippen LogP contribution is 2.36. The number of hydrogen-bond donors (Lipinski definition) is 1. The summed E-state index contributed by atoms with van der Waals surface area (Å²) >= 11 is 0. The fourth-order valence-corrected chi connectivity index (χ4v) is 3.17. The lowest BCUT2D eigenvalue weighted by atomic mass is 9.80. The van der Waals surface area contributed by atoms with Crippen LogP contribution in [0.2, 0.25) is 0 Å². The molecule has 0 amide bonds. The number of unbranched alkanes of at least 4 members (excludes halogenated alkanes) is 4. The first-order valence-corrected chi connectivity index (χ1v) is 8.62. The molecule has 1 N–H and O–H groups in total. The molecule has 1 aromatic rings. The Bertz CT molecular complexity index is 364. The minimum atomic E-state index is 0.534. The number of rotatable bonds is 9. The number of benzene rings is 1. The number of nitrogens with one attached hydrogen (secondary N) is 1. The predicted octanol–water partition coefficient (Wildman–Crippen LogP) is 5.58. The van der Waals surface area contributed by atoms with Gasteiger partial charge in [0.2, 0.25) is 0 Å². The average Bonchev–Trinajstić information content (AvgIpc) is 2.42. The maximum atomic E-state index is 3.49. The Morgan fingerprint density at radius 3 is 2.30 bits per heavy atom. The standard InChI is InChI=1S/C19H31N/c1-3-4-5-6-7-11-19(20-2)18-14-12-17(13-15-18)16-9-8-10-16/h12-16,19-20H,3-11H2,1-2H3. The third kappa shape index (κ3) is 4.34. The van der Waals surface area contributed by atoms with E-state index in [1.165, 1.54) is 63.4 Å². The summed E-state index contributed by atoms with van der Waals surface area (Å²) in [5.74, 6) is 0.853. The van der Waals surface area contributed by atoms with Crippen LogP contribution in [-0.2, 0) is 0 Å². The molecule has 2 rings (SSSR count). The van der Waals surface area contributed by atoms with Gasteiger partial charge in [-0.3, -0.25) is 0 Å². The summed E-state index contributed by atoms with van der Waals surface area (Å²) in [6.07, 6.45) is 12.3. The summed E-state index contributed by atoms with van der Waals surface area (Å²) in [5.41, 5.74) is 3.02. The van der Waals surface area contributed by atoms with Crippen LogP contribution in [0.3, 0.4) is 0 Å². The first-order valence-electron chi connectivity index (χ1n) is 8.62. The Morgan fingerprint density at radius 2 is 1.75 bits per heavy atom. The lowest BCUT2D eigenvalue weighted by Crippen LogP contribution is -2.16. The van der Waals surface area contributed by atoms with Crippen LogP contribution >= 0.6 is 0 Å². The highest BCUT2D eigenvalue weighted by atomic mass is 14.9. The van der Waals surface area contributed by atoms with Gasteiger partial charge in [-0.25, -0.2) is 0 Å². The lowest BCUT2D eigenvalue weighted by Gasteiger charge is -2.26. The normalized spacial score (nSPS) is 16.9. The highest BCUT2D eigenvalue weighted by molar-refractivity contribution is 5.28. The zero-order valence-electron chi connectivity index (χ0n) is 13.3. The molecule has 0 aliphatic heterocycles. The van der Waals surface area contributed by atoms with Gasteiger partial charge in [-0.1, -0.05) is 69.7 Å². The van der Waals surface area contributed by atoms with Crippen LogP contribution in [0.4, 0.5) is 0 Å². The Hall–Kier alpha value is -0.820. The van der Waals surface area contributed by atoms with E-state index >= 15 is 0 Å². The van der Waals surface area contributed by atoms with Crippen LogP contribution < -0.4 is 5.32 Å². The molecule has 1 fully saturated rings. The van der Waals surface area contributed by atoms with Crippen LogP contribution in [0.15, 0.2) is 24.3 Å². The molecule has 1 heteroatoms. The fraction of sp³-hybridized carbons (Fsp3) is 0.684. The van der Waals surface area contributed by atoms with E-state index < -0.39 is 0 Å². The first kappa shape index (κ1) is 15.6. The van der Waals surface area contributed by atoms with Crippen LogP contribution in [-0.4, -0.2) is 7.05 Å². The molecular formula is C19H31N. The van der Waals surface area contributed by atoms with Gasteiger partial charge in [-0.05, 0) is 43.4 Å². The van der Waals surface area contributed by atoms with Gasteiger partial charge in [-0.15, -0.1) is 0 Å². The molecule has 0 spiro atoms. The van der Waals surface area contributed by atoms with Gasteiger partial charge in [0.25, 0.3) is 0 Å². The van der Waals surface area contributed by atoms with Crippen molar-refractivity contribution in [2.45, 2.75) is 76.7 Å². The zero-order valence-corrected chi connectivity index (χ0v) is 13.3. The molecule has 1 aliphatic rings. The van der Waals surface area contributed by atoms with E-state index in [2.05, 4.69) is 43.6 Å². The summed E-state index contributed by atoms with van der Waals surface area (Å²) in [6, 6.07) is 9.95. The quantitative estimate of drug-likeness (QED) is 0.579. The third-order valence-electron chi connectivity index (χ3n) is 4.86. The molecule has 1 aliphatic carbocycles. The summed E-state index contributed by atoms with van der Waals surface area (Å²) in [4.78, 5) is 0. The van der Waals surface area contributed by atoms with E-state index in [0.29, 0.717) is 6.04 Å². The maximum Gasteiger partial charge on any atom is 0.0317 e. The van der Waals surface area contributed by atoms with Crippen molar-refractivity contribution in [1.82, 2.24) is 5.32 Å². The van der Waals surface area contributed by atoms with Crippen molar-refractivity contribution in [3.63, 3.8) is 0 Å². The summed E-state index contributed by atoms with van der Waals surface area (Å²) in [5, 5.41) is 3.49. The SMILES string of the molecule is CCCCCCCC(NC)c1ccc(C2CCC2)cc1. The second-order valence-corrected chi connectivity index (χ2v) is 6.34. The maximum absolute atomic E-state index is 3.49. The lowest BCUT2D eigenvalue weighted by molar-refractivity contribution is 0.419.